The average molecular weight is 443 g/mol. The average Bonchev–Trinajstić information content (AvgIpc) is 2.83. The third-order valence-corrected chi connectivity index (χ3v) is 11.1. The van der Waals surface area contributed by atoms with Crippen molar-refractivity contribution in [1.29, 1.82) is 0 Å². The monoisotopic (exact) mass is 442 g/mol. The highest BCUT2D eigenvalue weighted by Gasteiger charge is 2.64. The summed E-state index contributed by atoms with van der Waals surface area (Å²) in [6, 6.07) is 0.603. The number of amides is 1. The fraction of sp³-hybridized carbons (Fsp3) is 0.821. The summed E-state index contributed by atoms with van der Waals surface area (Å²) in [5, 5.41) is 15.0. The molecule has 0 saturated heterocycles. The van der Waals surface area contributed by atoms with Crippen LogP contribution in [0.2, 0.25) is 0 Å². The van der Waals surface area contributed by atoms with Crippen molar-refractivity contribution in [2.24, 2.45) is 34.0 Å². The Labute approximate surface area is 195 Å². The van der Waals surface area contributed by atoms with Crippen molar-refractivity contribution >= 4 is 5.91 Å². The Morgan fingerprint density at radius 2 is 1.81 bits per heavy atom. The van der Waals surface area contributed by atoms with E-state index < -0.39 is 0 Å². The van der Waals surface area contributed by atoms with Gasteiger partial charge in [-0.05, 0) is 86.2 Å². The zero-order valence-corrected chi connectivity index (χ0v) is 21.7. The van der Waals surface area contributed by atoms with Gasteiger partial charge in [-0.2, -0.15) is 0 Å². The summed E-state index contributed by atoms with van der Waals surface area (Å²) >= 11 is 0. The lowest BCUT2D eigenvalue weighted by Crippen LogP contribution is -2.51. The van der Waals surface area contributed by atoms with E-state index in [2.05, 4.69) is 59.1 Å². The third-order valence-electron chi connectivity index (χ3n) is 11.1. The molecule has 0 spiro atoms. The Morgan fingerprint density at radius 3 is 2.44 bits per heavy atom. The fourth-order valence-electron chi connectivity index (χ4n) is 8.75. The zero-order chi connectivity index (χ0) is 23.6. The van der Waals surface area contributed by atoms with Crippen molar-refractivity contribution in [3.63, 3.8) is 0 Å². The van der Waals surface area contributed by atoms with E-state index in [1.165, 1.54) is 31.3 Å². The zero-order valence-electron chi connectivity index (χ0n) is 21.7. The molecule has 180 valence electrons. The van der Waals surface area contributed by atoms with Gasteiger partial charge in [-0.15, -0.1) is 0 Å². The first-order chi connectivity index (χ1) is 14.9. The maximum atomic E-state index is 12.1. The number of carbonyl (C=O) groups excluding carboxylic acids is 1. The molecule has 8 atom stereocenters. The maximum Gasteiger partial charge on any atom is 0.219 e. The number of aliphatic hydroxyl groups excluding tert-OH is 1. The van der Waals surface area contributed by atoms with E-state index >= 15 is 0 Å². The van der Waals surface area contributed by atoms with Gasteiger partial charge in [-0.1, -0.05) is 45.4 Å². The summed E-state index contributed by atoms with van der Waals surface area (Å²) in [6.07, 6.45) is 11.4. The quantitative estimate of drug-likeness (QED) is 0.651. The van der Waals surface area contributed by atoms with Gasteiger partial charge < -0.3 is 15.3 Å². The summed E-state index contributed by atoms with van der Waals surface area (Å²) in [4.78, 5) is 14.0. The van der Waals surface area contributed by atoms with Gasteiger partial charge in [0.15, 0.2) is 0 Å². The SMILES string of the molecule is CNC1CCC2=CC3=CCC4(C)C(C(C)N(C)C(C)=O)C(O)CC4(C)C3CCC2C1(C)C. The molecule has 2 N–H and O–H groups in total. The second kappa shape index (κ2) is 7.98. The second-order valence-electron chi connectivity index (χ2n) is 12.5. The van der Waals surface area contributed by atoms with E-state index in [4.69, 9.17) is 0 Å². The molecule has 0 aliphatic heterocycles. The third kappa shape index (κ3) is 3.27. The predicted molar refractivity (Wildman–Crippen MR) is 131 cm³/mol. The lowest BCUT2D eigenvalue weighted by atomic mass is 9.51. The molecule has 4 aliphatic rings. The molecule has 8 unspecified atom stereocenters. The standard InChI is InChI=1S/C28H46N2O2/c1-17(30(8)18(2)31)25-23(32)16-28(6)22-11-10-21-19(9-12-24(29-7)26(21,3)4)15-20(22)13-14-27(25,28)5/h13,15,17,21-25,29,32H,9-12,14,16H2,1-8H3. The van der Waals surface area contributed by atoms with Gasteiger partial charge in [0.2, 0.25) is 5.91 Å². The van der Waals surface area contributed by atoms with E-state index in [0.29, 0.717) is 17.9 Å². The minimum atomic E-state index is -0.363. The number of allylic oxidation sites excluding steroid dienone is 4. The first kappa shape index (κ1) is 24.0. The van der Waals surface area contributed by atoms with Crippen LogP contribution in [0.3, 0.4) is 0 Å². The minimum Gasteiger partial charge on any atom is -0.393 e. The van der Waals surface area contributed by atoms with E-state index in [9.17, 15) is 9.90 Å². The van der Waals surface area contributed by atoms with Crippen LogP contribution in [0, 0.1) is 34.0 Å². The van der Waals surface area contributed by atoms with Crippen molar-refractivity contribution in [1.82, 2.24) is 10.2 Å². The summed E-state index contributed by atoms with van der Waals surface area (Å²) in [6.45, 7) is 13.5. The summed E-state index contributed by atoms with van der Waals surface area (Å²) in [5.74, 6) is 1.29. The molecule has 2 saturated carbocycles. The highest BCUT2D eigenvalue weighted by atomic mass is 16.3. The van der Waals surface area contributed by atoms with Gasteiger partial charge in [0.05, 0.1) is 6.10 Å². The topological polar surface area (TPSA) is 52.6 Å². The molecular formula is C28H46N2O2. The molecule has 4 nitrogen and oxygen atoms in total. The van der Waals surface area contributed by atoms with E-state index in [1.54, 1.807) is 12.5 Å². The first-order valence-corrected chi connectivity index (χ1v) is 12.9. The number of hydrogen-bond acceptors (Lipinski definition) is 3. The van der Waals surface area contributed by atoms with Crippen LogP contribution in [0.1, 0.15) is 80.1 Å². The molecular weight excluding hydrogens is 396 g/mol. The molecule has 4 rings (SSSR count). The van der Waals surface area contributed by atoms with Crippen LogP contribution in [-0.4, -0.2) is 48.2 Å². The molecule has 0 radical (unpaired) electrons. The largest absolute Gasteiger partial charge is 0.393 e. The highest BCUT2D eigenvalue weighted by Crippen LogP contribution is 2.68. The molecule has 32 heavy (non-hydrogen) atoms. The molecule has 2 fully saturated rings. The Hall–Kier alpha value is -1.13. The molecule has 4 heteroatoms. The predicted octanol–water partition coefficient (Wildman–Crippen LogP) is 4.94. The van der Waals surface area contributed by atoms with Crippen LogP contribution in [0.5, 0.6) is 0 Å². The van der Waals surface area contributed by atoms with Gasteiger partial charge in [0, 0.05) is 32.0 Å². The smallest absolute Gasteiger partial charge is 0.219 e. The van der Waals surface area contributed by atoms with Crippen LogP contribution in [0.4, 0.5) is 0 Å². The number of carbonyl (C=O) groups is 1. The number of nitrogens with zero attached hydrogens (tertiary/aromatic N) is 1. The van der Waals surface area contributed by atoms with Crippen molar-refractivity contribution < 1.29 is 9.90 Å². The van der Waals surface area contributed by atoms with Crippen molar-refractivity contribution in [3.05, 3.63) is 23.3 Å². The van der Waals surface area contributed by atoms with E-state index in [1.807, 2.05) is 11.9 Å². The van der Waals surface area contributed by atoms with Crippen LogP contribution >= 0.6 is 0 Å². The lowest BCUT2D eigenvalue weighted by Gasteiger charge is -2.53. The number of aliphatic hydroxyl groups is 1. The second-order valence-corrected chi connectivity index (χ2v) is 12.5. The fourth-order valence-corrected chi connectivity index (χ4v) is 8.75. The maximum absolute atomic E-state index is 12.1. The van der Waals surface area contributed by atoms with Crippen LogP contribution in [-0.2, 0) is 4.79 Å². The minimum absolute atomic E-state index is 0.0131. The summed E-state index contributed by atoms with van der Waals surface area (Å²) in [5.41, 5.74) is 3.47. The normalized spacial score (nSPS) is 43.7. The lowest BCUT2D eigenvalue weighted by molar-refractivity contribution is -0.132. The molecule has 1 amide bonds. The molecule has 0 aromatic heterocycles. The van der Waals surface area contributed by atoms with Crippen LogP contribution in [0.15, 0.2) is 23.3 Å². The first-order valence-electron chi connectivity index (χ1n) is 12.9. The van der Waals surface area contributed by atoms with Crippen molar-refractivity contribution in [2.75, 3.05) is 14.1 Å². The van der Waals surface area contributed by atoms with Gasteiger partial charge >= 0.3 is 0 Å². The van der Waals surface area contributed by atoms with Gasteiger partial charge in [0.25, 0.3) is 0 Å². The molecule has 0 bridgehead atoms. The van der Waals surface area contributed by atoms with Gasteiger partial charge in [-0.3, -0.25) is 4.79 Å². The van der Waals surface area contributed by atoms with Crippen molar-refractivity contribution in [2.45, 2.75) is 98.3 Å². The Balaban J connectivity index is 1.70. The Morgan fingerprint density at radius 1 is 1.16 bits per heavy atom. The van der Waals surface area contributed by atoms with Gasteiger partial charge in [-0.25, -0.2) is 0 Å². The van der Waals surface area contributed by atoms with Crippen molar-refractivity contribution in [3.8, 4) is 0 Å². The van der Waals surface area contributed by atoms with Crippen LogP contribution < -0.4 is 5.32 Å². The van der Waals surface area contributed by atoms with E-state index in [0.717, 1.165) is 12.8 Å². The molecule has 4 aliphatic carbocycles. The number of rotatable bonds is 3. The Bertz CT molecular complexity index is 829. The van der Waals surface area contributed by atoms with E-state index in [-0.39, 0.29) is 40.2 Å². The summed E-state index contributed by atoms with van der Waals surface area (Å²) < 4.78 is 0. The Kier molecular flexibility index (Phi) is 5.98. The number of fused-ring (bicyclic) bond motifs is 4. The molecule has 0 aromatic carbocycles. The number of hydrogen-bond donors (Lipinski definition) is 2. The molecule has 0 aromatic rings. The summed E-state index contributed by atoms with van der Waals surface area (Å²) in [7, 11) is 4.01. The highest BCUT2D eigenvalue weighted by molar-refractivity contribution is 5.73. The molecule has 0 heterocycles. The van der Waals surface area contributed by atoms with Gasteiger partial charge in [0.1, 0.15) is 0 Å². The van der Waals surface area contributed by atoms with Crippen LogP contribution in [0.25, 0.3) is 0 Å². The number of nitrogens with one attached hydrogen (secondary N) is 1.